The summed E-state index contributed by atoms with van der Waals surface area (Å²) in [7, 11) is 1.71. The van der Waals surface area contributed by atoms with Crippen molar-refractivity contribution in [1.82, 2.24) is 5.32 Å². The van der Waals surface area contributed by atoms with Crippen LogP contribution in [0.25, 0.3) is 0 Å². The fraction of sp³-hybridized carbons (Fsp3) is 0.875. The Morgan fingerprint density at radius 3 is 3.14 bits per heavy atom. The lowest BCUT2D eigenvalue weighted by Gasteiger charge is -2.33. The normalized spacial score (nSPS) is 44.9. The third-order valence-corrected chi connectivity index (χ3v) is 3.68. The molecule has 2 aliphatic rings. The van der Waals surface area contributed by atoms with Gasteiger partial charge in [-0.3, -0.25) is 4.99 Å². The molecule has 80 valence electrons. The number of nitrogens with one attached hydrogen (secondary N) is 1. The molecular formula is C8H14N2O3S. The van der Waals surface area contributed by atoms with Crippen molar-refractivity contribution in [2.24, 2.45) is 4.99 Å². The molecule has 2 rings (SSSR count). The largest absolute Gasteiger partial charge is 0.394 e. The van der Waals surface area contributed by atoms with Crippen LogP contribution >= 0.6 is 11.8 Å². The number of amidine groups is 1. The summed E-state index contributed by atoms with van der Waals surface area (Å²) in [6.45, 7) is -0.135. The first-order chi connectivity index (χ1) is 6.74. The Hall–Kier alpha value is -0.300. The zero-order chi connectivity index (χ0) is 10.1. The molecule has 0 aliphatic carbocycles. The molecule has 2 saturated heterocycles. The standard InChI is InChI=1S/C8H14N2O3S/c1-9-8-10-4-2-5(12)6(3-11)13-7(4)14-8/h4-7,11-12H,2-3H2,1H3,(H,9,10). The van der Waals surface area contributed by atoms with Gasteiger partial charge < -0.3 is 20.3 Å². The van der Waals surface area contributed by atoms with Crippen molar-refractivity contribution in [2.75, 3.05) is 13.7 Å². The van der Waals surface area contributed by atoms with Gasteiger partial charge in [0.2, 0.25) is 0 Å². The zero-order valence-corrected chi connectivity index (χ0v) is 8.70. The molecule has 6 heteroatoms. The molecule has 4 atom stereocenters. The molecule has 0 radical (unpaired) electrons. The van der Waals surface area contributed by atoms with E-state index < -0.39 is 12.2 Å². The molecule has 0 amide bonds. The number of aliphatic hydroxyl groups is 2. The van der Waals surface area contributed by atoms with E-state index in [-0.39, 0.29) is 18.1 Å². The van der Waals surface area contributed by atoms with Crippen LogP contribution in [-0.2, 0) is 4.74 Å². The number of aliphatic imine (C=N–C) groups is 1. The van der Waals surface area contributed by atoms with Crippen molar-refractivity contribution in [3.05, 3.63) is 0 Å². The SMILES string of the molecule is CN=C1NC2CC(O)C(CO)OC2S1. The van der Waals surface area contributed by atoms with Gasteiger partial charge in [0.05, 0.1) is 18.8 Å². The lowest BCUT2D eigenvalue weighted by molar-refractivity contribution is -0.114. The lowest BCUT2D eigenvalue weighted by Crippen LogP contribution is -2.49. The van der Waals surface area contributed by atoms with Gasteiger partial charge in [0.1, 0.15) is 11.5 Å². The first-order valence-electron chi connectivity index (χ1n) is 4.59. The summed E-state index contributed by atoms with van der Waals surface area (Å²) in [4.78, 5) is 4.03. The fourth-order valence-corrected chi connectivity index (χ4v) is 2.79. The Morgan fingerprint density at radius 2 is 2.50 bits per heavy atom. The Balaban J connectivity index is 2.03. The van der Waals surface area contributed by atoms with E-state index in [1.807, 2.05) is 0 Å². The van der Waals surface area contributed by atoms with Crippen LogP contribution < -0.4 is 5.32 Å². The smallest absolute Gasteiger partial charge is 0.159 e. The molecule has 2 heterocycles. The number of rotatable bonds is 1. The van der Waals surface area contributed by atoms with Gasteiger partial charge in [-0.25, -0.2) is 0 Å². The highest BCUT2D eigenvalue weighted by atomic mass is 32.2. The Labute approximate surface area is 86.6 Å². The quantitative estimate of drug-likeness (QED) is 0.534. The number of aliphatic hydroxyl groups excluding tert-OH is 2. The number of hydrogen-bond donors (Lipinski definition) is 3. The Bertz CT molecular complexity index is 249. The van der Waals surface area contributed by atoms with Crippen molar-refractivity contribution in [1.29, 1.82) is 0 Å². The maximum atomic E-state index is 9.60. The summed E-state index contributed by atoms with van der Waals surface area (Å²) in [6, 6.07) is 0.108. The molecule has 0 saturated carbocycles. The molecule has 14 heavy (non-hydrogen) atoms. The monoisotopic (exact) mass is 218 g/mol. The summed E-state index contributed by atoms with van der Waals surface area (Å²) in [6.07, 6.45) is -0.450. The van der Waals surface area contributed by atoms with Crippen LogP contribution in [0.15, 0.2) is 4.99 Å². The fourth-order valence-electron chi connectivity index (χ4n) is 1.70. The highest BCUT2D eigenvalue weighted by molar-refractivity contribution is 8.14. The summed E-state index contributed by atoms with van der Waals surface area (Å²) < 4.78 is 5.52. The van der Waals surface area contributed by atoms with Gasteiger partial charge in [-0.2, -0.15) is 0 Å². The molecule has 2 aliphatic heterocycles. The summed E-state index contributed by atoms with van der Waals surface area (Å²) in [5, 5.41) is 22.6. The van der Waals surface area contributed by atoms with Crippen molar-refractivity contribution in [3.8, 4) is 0 Å². The van der Waals surface area contributed by atoms with Gasteiger partial charge in [0.15, 0.2) is 5.17 Å². The van der Waals surface area contributed by atoms with E-state index in [9.17, 15) is 5.11 Å². The molecule has 3 N–H and O–H groups in total. The first kappa shape index (κ1) is 10.2. The number of thioether (sulfide) groups is 1. The maximum absolute atomic E-state index is 9.60. The van der Waals surface area contributed by atoms with E-state index in [0.717, 1.165) is 5.17 Å². The van der Waals surface area contributed by atoms with E-state index in [0.29, 0.717) is 6.42 Å². The molecule has 0 aromatic carbocycles. The van der Waals surface area contributed by atoms with E-state index in [2.05, 4.69) is 10.3 Å². The van der Waals surface area contributed by atoms with Crippen molar-refractivity contribution in [3.63, 3.8) is 0 Å². The van der Waals surface area contributed by atoms with Crippen LogP contribution in [-0.4, -0.2) is 52.7 Å². The van der Waals surface area contributed by atoms with Gasteiger partial charge in [0, 0.05) is 7.05 Å². The highest BCUT2D eigenvalue weighted by Crippen LogP contribution is 2.33. The second kappa shape index (κ2) is 4.06. The molecule has 2 fully saturated rings. The van der Waals surface area contributed by atoms with Gasteiger partial charge in [-0.05, 0) is 6.42 Å². The summed E-state index contributed by atoms with van der Waals surface area (Å²) >= 11 is 1.51. The van der Waals surface area contributed by atoms with Crippen molar-refractivity contribution >= 4 is 16.9 Å². The van der Waals surface area contributed by atoms with Crippen LogP contribution in [0.2, 0.25) is 0 Å². The average molecular weight is 218 g/mol. The minimum Gasteiger partial charge on any atom is -0.394 e. The number of nitrogens with zero attached hydrogens (tertiary/aromatic N) is 1. The molecule has 5 nitrogen and oxygen atoms in total. The molecule has 0 bridgehead atoms. The molecular weight excluding hydrogens is 204 g/mol. The van der Waals surface area contributed by atoms with E-state index >= 15 is 0 Å². The highest BCUT2D eigenvalue weighted by Gasteiger charge is 2.42. The number of ether oxygens (including phenoxy) is 1. The van der Waals surface area contributed by atoms with Crippen molar-refractivity contribution in [2.45, 2.75) is 30.1 Å². The summed E-state index contributed by atoms with van der Waals surface area (Å²) in [5.74, 6) is 0. The second-order valence-electron chi connectivity index (χ2n) is 3.43. The number of hydrogen-bond acceptors (Lipinski definition) is 5. The van der Waals surface area contributed by atoms with E-state index in [1.54, 1.807) is 7.05 Å². The van der Waals surface area contributed by atoms with Crippen LogP contribution in [0.3, 0.4) is 0 Å². The molecule has 0 aromatic heterocycles. The number of fused-ring (bicyclic) bond motifs is 1. The van der Waals surface area contributed by atoms with Crippen LogP contribution in [0.1, 0.15) is 6.42 Å². The Morgan fingerprint density at radius 1 is 1.71 bits per heavy atom. The van der Waals surface area contributed by atoms with Gasteiger partial charge in [0.25, 0.3) is 0 Å². The van der Waals surface area contributed by atoms with Gasteiger partial charge in [-0.1, -0.05) is 11.8 Å². The first-order valence-corrected chi connectivity index (χ1v) is 5.47. The predicted octanol–water partition coefficient (Wildman–Crippen LogP) is -0.855. The summed E-state index contributed by atoms with van der Waals surface area (Å²) in [5.41, 5.74) is -0.0331. The molecule has 0 spiro atoms. The third kappa shape index (κ3) is 1.75. The minimum atomic E-state index is -0.592. The van der Waals surface area contributed by atoms with Crippen molar-refractivity contribution < 1.29 is 14.9 Å². The third-order valence-electron chi connectivity index (χ3n) is 2.48. The molecule has 4 unspecified atom stereocenters. The van der Waals surface area contributed by atoms with Gasteiger partial charge in [-0.15, -0.1) is 0 Å². The second-order valence-corrected chi connectivity index (χ2v) is 4.51. The van der Waals surface area contributed by atoms with E-state index in [1.165, 1.54) is 11.8 Å². The van der Waals surface area contributed by atoms with Crippen LogP contribution in [0.5, 0.6) is 0 Å². The van der Waals surface area contributed by atoms with Crippen LogP contribution in [0, 0.1) is 0 Å². The zero-order valence-electron chi connectivity index (χ0n) is 7.88. The minimum absolute atomic E-state index is 0.0331. The van der Waals surface area contributed by atoms with Crippen LogP contribution in [0.4, 0.5) is 0 Å². The average Bonchev–Trinajstić information content (AvgIpc) is 2.58. The topological polar surface area (TPSA) is 74.1 Å². The van der Waals surface area contributed by atoms with E-state index in [4.69, 9.17) is 9.84 Å². The maximum Gasteiger partial charge on any atom is 0.159 e. The lowest BCUT2D eigenvalue weighted by atomic mass is 10.0. The Kier molecular flexibility index (Phi) is 2.96. The van der Waals surface area contributed by atoms with Gasteiger partial charge >= 0.3 is 0 Å². The predicted molar refractivity (Wildman–Crippen MR) is 54.2 cm³/mol. The molecule has 0 aromatic rings.